The van der Waals surface area contributed by atoms with Crippen molar-refractivity contribution in [3.05, 3.63) is 0 Å². The van der Waals surface area contributed by atoms with Crippen LogP contribution in [-0.2, 0) is 0 Å². The van der Waals surface area contributed by atoms with Gasteiger partial charge in [-0.1, -0.05) is 0 Å². The first-order chi connectivity index (χ1) is 9.14. The molecule has 0 atom stereocenters. The molecule has 3 N–H and O–H groups in total. The van der Waals surface area contributed by atoms with Crippen LogP contribution in [0.25, 0.3) is 0 Å². The highest BCUT2D eigenvalue weighted by molar-refractivity contribution is 5.75. The molecule has 0 radical (unpaired) electrons. The van der Waals surface area contributed by atoms with Crippen molar-refractivity contribution in [2.45, 2.75) is 51.0 Å². The minimum atomic E-state index is 0.106. The normalized spacial score (nSPS) is 39.4. The summed E-state index contributed by atoms with van der Waals surface area (Å²) in [5, 5.41) is 3.39. The molecular formula is C15H27N3O. The highest BCUT2D eigenvalue weighted by Gasteiger charge is 2.51. The number of hydrogen-bond acceptors (Lipinski definition) is 2. The van der Waals surface area contributed by atoms with Gasteiger partial charge >= 0.3 is 6.03 Å². The molecule has 0 spiro atoms. The van der Waals surface area contributed by atoms with Crippen LogP contribution in [0.4, 0.5) is 4.79 Å². The Morgan fingerprint density at radius 3 is 2.16 bits per heavy atom. The number of likely N-dealkylation sites (N-methyl/N-ethyl adjacent to an activating group) is 1. The predicted molar refractivity (Wildman–Crippen MR) is 75.7 cm³/mol. The quantitative estimate of drug-likeness (QED) is 0.816. The summed E-state index contributed by atoms with van der Waals surface area (Å²) >= 11 is 0. The molecule has 0 saturated heterocycles. The molecule has 4 rings (SSSR count). The summed E-state index contributed by atoms with van der Waals surface area (Å²) in [4.78, 5) is 14.3. The van der Waals surface area contributed by atoms with Crippen molar-refractivity contribution >= 4 is 6.03 Å². The van der Waals surface area contributed by atoms with Gasteiger partial charge in [-0.15, -0.1) is 0 Å². The third kappa shape index (κ3) is 2.47. The lowest BCUT2D eigenvalue weighted by atomic mass is 9.53. The number of nitrogens with two attached hydrogens (primary N) is 1. The Labute approximate surface area is 116 Å². The van der Waals surface area contributed by atoms with Crippen LogP contribution in [0.5, 0.6) is 0 Å². The lowest BCUT2D eigenvalue weighted by Crippen LogP contribution is -2.62. The molecule has 108 valence electrons. The maximum absolute atomic E-state index is 12.4. The van der Waals surface area contributed by atoms with E-state index in [1.165, 1.54) is 38.5 Å². The smallest absolute Gasteiger partial charge is 0.317 e. The first-order valence-corrected chi connectivity index (χ1v) is 7.91. The number of nitrogens with zero attached hydrogens (tertiary/aromatic N) is 1. The largest absolute Gasteiger partial charge is 0.333 e. The van der Waals surface area contributed by atoms with Crippen molar-refractivity contribution in [3.63, 3.8) is 0 Å². The summed E-state index contributed by atoms with van der Waals surface area (Å²) < 4.78 is 0. The van der Waals surface area contributed by atoms with Crippen LogP contribution >= 0.6 is 0 Å². The summed E-state index contributed by atoms with van der Waals surface area (Å²) in [7, 11) is 0. The first-order valence-electron chi connectivity index (χ1n) is 7.91. The van der Waals surface area contributed by atoms with Gasteiger partial charge in [0.15, 0.2) is 0 Å². The Balaban J connectivity index is 1.67. The number of rotatable bonds is 4. The fourth-order valence-corrected chi connectivity index (χ4v) is 5.13. The highest BCUT2D eigenvalue weighted by Crippen LogP contribution is 2.55. The van der Waals surface area contributed by atoms with Crippen LogP contribution < -0.4 is 11.1 Å². The van der Waals surface area contributed by atoms with Gasteiger partial charge in [0.2, 0.25) is 0 Å². The highest BCUT2D eigenvalue weighted by atomic mass is 16.2. The van der Waals surface area contributed by atoms with E-state index in [2.05, 4.69) is 5.32 Å². The van der Waals surface area contributed by atoms with E-state index in [4.69, 9.17) is 5.73 Å². The van der Waals surface area contributed by atoms with Gasteiger partial charge in [-0.25, -0.2) is 4.79 Å². The third-order valence-electron chi connectivity index (χ3n) is 5.48. The van der Waals surface area contributed by atoms with Gasteiger partial charge in [0.1, 0.15) is 0 Å². The molecule has 0 aromatic carbocycles. The summed E-state index contributed by atoms with van der Waals surface area (Å²) in [6.07, 6.45) is 7.88. The fourth-order valence-electron chi connectivity index (χ4n) is 5.13. The van der Waals surface area contributed by atoms with Gasteiger partial charge in [0.05, 0.1) is 0 Å². The predicted octanol–water partition coefficient (Wildman–Crippen LogP) is 1.95. The summed E-state index contributed by atoms with van der Waals surface area (Å²) in [6, 6.07) is 0.106. The van der Waals surface area contributed by atoms with Gasteiger partial charge in [-0.05, 0) is 63.2 Å². The van der Waals surface area contributed by atoms with E-state index in [1.807, 2.05) is 11.8 Å². The Morgan fingerprint density at radius 2 is 1.74 bits per heavy atom. The number of amides is 2. The number of hydrogen-bond donors (Lipinski definition) is 2. The van der Waals surface area contributed by atoms with Crippen molar-refractivity contribution < 1.29 is 4.79 Å². The minimum Gasteiger partial charge on any atom is -0.333 e. The van der Waals surface area contributed by atoms with Crippen molar-refractivity contribution in [1.82, 2.24) is 10.2 Å². The van der Waals surface area contributed by atoms with Crippen LogP contribution in [0.15, 0.2) is 0 Å². The Morgan fingerprint density at radius 1 is 1.21 bits per heavy atom. The molecule has 19 heavy (non-hydrogen) atoms. The van der Waals surface area contributed by atoms with Crippen molar-refractivity contribution in [2.75, 3.05) is 19.6 Å². The maximum atomic E-state index is 12.4. The van der Waals surface area contributed by atoms with E-state index in [0.29, 0.717) is 13.1 Å². The standard InChI is InChI=1S/C15H27N3O/c1-2-18(4-3-16)14(19)17-15-8-11-5-12(9-15)7-13(6-11)10-15/h11-13H,2-10,16H2,1H3,(H,17,19). The van der Waals surface area contributed by atoms with E-state index in [9.17, 15) is 4.79 Å². The number of carbonyl (C=O) groups excluding carboxylic acids is 1. The maximum Gasteiger partial charge on any atom is 0.317 e. The molecule has 0 heterocycles. The van der Waals surface area contributed by atoms with Gasteiger partial charge < -0.3 is 16.0 Å². The number of nitrogens with one attached hydrogen (secondary N) is 1. The number of carbonyl (C=O) groups is 1. The Bertz CT molecular complexity index is 320. The molecule has 4 aliphatic carbocycles. The van der Waals surface area contributed by atoms with E-state index in [0.717, 1.165) is 24.3 Å². The van der Waals surface area contributed by atoms with Crippen LogP contribution in [-0.4, -0.2) is 36.1 Å². The van der Waals surface area contributed by atoms with E-state index >= 15 is 0 Å². The van der Waals surface area contributed by atoms with Gasteiger partial charge in [-0.2, -0.15) is 0 Å². The molecule has 4 bridgehead atoms. The second-order valence-corrected chi connectivity index (χ2v) is 7.00. The lowest BCUT2D eigenvalue weighted by Gasteiger charge is -2.57. The topological polar surface area (TPSA) is 58.4 Å². The monoisotopic (exact) mass is 265 g/mol. The van der Waals surface area contributed by atoms with Gasteiger partial charge in [-0.3, -0.25) is 0 Å². The zero-order valence-corrected chi connectivity index (χ0v) is 12.0. The summed E-state index contributed by atoms with van der Waals surface area (Å²) in [5.41, 5.74) is 5.70. The Hall–Kier alpha value is -0.770. The first kappa shape index (κ1) is 13.2. The molecule has 4 fully saturated rings. The molecule has 4 heteroatoms. The third-order valence-corrected chi connectivity index (χ3v) is 5.48. The van der Waals surface area contributed by atoms with E-state index in [-0.39, 0.29) is 11.6 Å². The van der Waals surface area contributed by atoms with Crippen molar-refractivity contribution in [2.24, 2.45) is 23.5 Å². The molecule has 0 aromatic heterocycles. The second kappa shape index (κ2) is 4.97. The average molecular weight is 265 g/mol. The molecule has 0 aromatic rings. The van der Waals surface area contributed by atoms with E-state index in [1.54, 1.807) is 0 Å². The lowest BCUT2D eigenvalue weighted by molar-refractivity contribution is -0.0155. The molecule has 2 amide bonds. The second-order valence-electron chi connectivity index (χ2n) is 7.00. The minimum absolute atomic E-state index is 0.106. The molecule has 4 saturated carbocycles. The molecular weight excluding hydrogens is 238 g/mol. The molecule has 0 unspecified atom stereocenters. The van der Waals surface area contributed by atoms with Gasteiger partial charge in [0.25, 0.3) is 0 Å². The molecule has 0 aliphatic heterocycles. The fraction of sp³-hybridized carbons (Fsp3) is 0.933. The average Bonchev–Trinajstić information content (AvgIpc) is 2.33. The van der Waals surface area contributed by atoms with Crippen LogP contribution in [0, 0.1) is 17.8 Å². The SMILES string of the molecule is CCN(CCN)C(=O)NC12CC3CC(CC(C3)C1)C2. The zero-order valence-electron chi connectivity index (χ0n) is 12.0. The van der Waals surface area contributed by atoms with Crippen LogP contribution in [0.3, 0.4) is 0 Å². The van der Waals surface area contributed by atoms with Crippen LogP contribution in [0.2, 0.25) is 0 Å². The zero-order chi connectivity index (χ0) is 13.5. The molecule has 4 nitrogen and oxygen atoms in total. The summed E-state index contributed by atoms with van der Waals surface area (Å²) in [5.74, 6) is 2.61. The summed E-state index contributed by atoms with van der Waals surface area (Å²) in [6.45, 7) is 3.97. The van der Waals surface area contributed by atoms with Gasteiger partial charge in [0, 0.05) is 25.2 Å². The number of urea groups is 1. The Kier molecular flexibility index (Phi) is 3.46. The van der Waals surface area contributed by atoms with Crippen molar-refractivity contribution in [3.8, 4) is 0 Å². The van der Waals surface area contributed by atoms with E-state index < -0.39 is 0 Å². The van der Waals surface area contributed by atoms with Crippen LogP contribution in [0.1, 0.15) is 45.4 Å². The molecule has 4 aliphatic rings. The van der Waals surface area contributed by atoms with Crippen molar-refractivity contribution in [1.29, 1.82) is 0 Å².